The number of nitrogens with one attached hydrogen (secondary N) is 2. The Hall–Kier alpha value is -4.99. The lowest BCUT2D eigenvalue weighted by molar-refractivity contribution is -0.125. The van der Waals surface area contributed by atoms with Crippen LogP contribution in [-0.2, 0) is 11.2 Å². The maximum atomic E-state index is 14.5. The molecule has 0 radical (unpaired) electrons. The number of carbonyl (C=O) groups excluding carboxylic acids is 2. The fourth-order valence-electron chi connectivity index (χ4n) is 5.43. The molecule has 226 valence electrons. The molecule has 0 aliphatic rings. The van der Waals surface area contributed by atoms with Crippen molar-refractivity contribution in [2.45, 2.75) is 45.7 Å². The number of amides is 2. The summed E-state index contributed by atoms with van der Waals surface area (Å²) in [4.78, 5) is 35.4. The normalized spacial score (nSPS) is 12.6. The molecule has 5 aromatic rings. The predicted octanol–water partition coefficient (Wildman–Crippen LogP) is 6.54. The average Bonchev–Trinajstić information content (AvgIpc) is 3.38. The van der Waals surface area contributed by atoms with Crippen molar-refractivity contribution in [3.05, 3.63) is 119 Å². The van der Waals surface area contributed by atoms with E-state index in [2.05, 4.69) is 20.6 Å². The van der Waals surface area contributed by atoms with Crippen LogP contribution in [0.3, 0.4) is 0 Å². The van der Waals surface area contributed by atoms with E-state index in [4.69, 9.17) is 0 Å². The first-order valence-electron chi connectivity index (χ1n) is 14.3. The maximum absolute atomic E-state index is 14.5. The lowest BCUT2D eigenvalue weighted by Gasteiger charge is -2.25. The molecule has 5 rings (SSSR count). The van der Waals surface area contributed by atoms with Gasteiger partial charge in [0.15, 0.2) is 0 Å². The van der Waals surface area contributed by atoms with E-state index in [9.17, 15) is 22.8 Å². The summed E-state index contributed by atoms with van der Waals surface area (Å²) < 4.78 is 44.8. The Morgan fingerprint density at radius 2 is 1.66 bits per heavy atom. The predicted molar refractivity (Wildman–Crippen MR) is 163 cm³/mol. The highest BCUT2D eigenvalue weighted by Gasteiger charge is 2.27. The van der Waals surface area contributed by atoms with Crippen LogP contribution in [0.2, 0.25) is 0 Å². The van der Waals surface area contributed by atoms with Crippen molar-refractivity contribution in [2.24, 2.45) is 0 Å². The van der Waals surface area contributed by atoms with E-state index in [0.717, 1.165) is 28.2 Å². The SMILES string of the molecule is CCC(C(=O)N[C@@H](Cc1cc(F)cc(F)c1)c1ncccc1-c1ccc(F)c(C(=O)NC)c1)n1cnc2cc(C)c(C)cc21. The summed E-state index contributed by atoms with van der Waals surface area (Å²) in [5.41, 5.74) is 5.27. The second-order valence-electron chi connectivity index (χ2n) is 10.8. The molecule has 2 aromatic heterocycles. The van der Waals surface area contributed by atoms with Gasteiger partial charge < -0.3 is 15.2 Å². The molecule has 0 saturated carbocycles. The molecule has 0 saturated heterocycles. The highest BCUT2D eigenvalue weighted by Crippen LogP contribution is 2.31. The van der Waals surface area contributed by atoms with Crippen molar-refractivity contribution in [3.63, 3.8) is 0 Å². The van der Waals surface area contributed by atoms with Crippen LogP contribution in [-0.4, -0.2) is 33.4 Å². The van der Waals surface area contributed by atoms with E-state index < -0.39 is 35.4 Å². The van der Waals surface area contributed by atoms with Crippen LogP contribution in [0.1, 0.15) is 58.2 Å². The fourth-order valence-corrected chi connectivity index (χ4v) is 5.43. The summed E-state index contributed by atoms with van der Waals surface area (Å²) in [6.45, 7) is 5.88. The van der Waals surface area contributed by atoms with E-state index in [1.54, 1.807) is 24.7 Å². The maximum Gasteiger partial charge on any atom is 0.254 e. The molecule has 0 fully saturated rings. The van der Waals surface area contributed by atoms with Crippen LogP contribution in [0, 0.1) is 31.3 Å². The van der Waals surface area contributed by atoms with Crippen LogP contribution in [0.15, 0.2) is 73.2 Å². The Kier molecular flexibility index (Phi) is 8.80. The van der Waals surface area contributed by atoms with Crippen molar-refractivity contribution in [1.29, 1.82) is 0 Å². The number of fused-ring (bicyclic) bond motifs is 1. The number of hydrogen-bond donors (Lipinski definition) is 2. The van der Waals surface area contributed by atoms with E-state index in [1.807, 2.05) is 37.5 Å². The van der Waals surface area contributed by atoms with Crippen LogP contribution in [0.5, 0.6) is 0 Å². The zero-order chi connectivity index (χ0) is 31.5. The smallest absolute Gasteiger partial charge is 0.254 e. The quantitative estimate of drug-likeness (QED) is 0.201. The van der Waals surface area contributed by atoms with Gasteiger partial charge in [-0.15, -0.1) is 0 Å². The van der Waals surface area contributed by atoms with E-state index in [-0.39, 0.29) is 17.9 Å². The molecule has 1 unspecified atom stereocenters. The van der Waals surface area contributed by atoms with Crippen molar-refractivity contribution in [3.8, 4) is 11.1 Å². The molecule has 3 aromatic carbocycles. The van der Waals surface area contributed by atoms with Crippen molar-refractivity contribution < 1.29 is 22.8 Å². The third-order valence-corrected chi connectivity index (χ3v) is 7.81. The van der Waals surface area contributed by atoms with Gasteiger partial charge in [-0.3, -0.25) is 14.6 Å². The molecule has 2 heterocycles. The van der Waals surface area contributed by atoms with Gasteiger partial charge in [-0.1, -0.05) is 19.1 Å². The largest absolute Gasteiger partial charge is 0.355 e. The molecule has 2 amide bonds. The van der Waals surface area contributed by atoms with Gasteiger partial charge in [0.25, 0.3) is 5.91 Å². The summed E-state index contributed by atoms with van der Waals surface area (Å²) in [6, 6.07) is 13.2. The minimum absolute atomic E-state index is 0.00729. The van der Waals surface area contributed by atoms with Gasteiger partial charge in [-0.05, 0) is 91.4 Å². The number of aromatic nitrogens is 3. The Morgan fingerprint density at radius 3 is 2.36 bits per heavy atom. The van der Waals surface area contributed by atoms with Crippen LogP contribution in [0.25, 0.3) is 22.2 Å². The summed E-state index contributed by atoms with van der Waals surface area (Å²) in [7, 11) is 1.41. The molecular formula is C34H32F3N5O2. The lowest BCUT2D eigenvalue weighted by Crippen LogP contribution is -2.36. The van der Waals surface area contributed by atoms with Gasteiger partial charge >= 0.3 is 0 Å². The standard InChI is InChI=1S/C34H32F3N5O2/c1-5-30(42-18-40-28-11-19(2)20(3)12-31(28)42)34(44)41-29(15-21-13-23(35)17-24(36)14-21)32-25(7-6-10-39-32)22-8-9-27(37)26(16-22)33(43)38-4/h6-14,16-18,29-30H,5,15H2,1-4H3,(H,38,43)(H,41,44)/t29-,30?/m0/s1. The number of carbonyl (C=O) groups is 2. The highest BCUT2D eigenvalue weighted by molar-refractivity contribution is 5.95. The first-order chi connectivity index (χ1) is 21.1. The highest BCUT2D eigenvalue weighted by atomic mass is 19.1. The first kappa shape index (κ1) is 30.5. The zero-order valence-electron chi connectivity index (χ0n) is 24.8. The number of benzene rings is 3. The summed E-state index contributed by atoms with van der Waals surface area (Å²) in [5.74, 6) is -3.13. The number of nitrogens with zero attached hydrogens (tertiary/aromatic N) is 3. The van der Waals surface area contributed by atoms with Gasteiger partial charge in [-0.25, -0.2) is 18.2 Å². The number of pyridine rings is 1. The van der Waals surface area contributed by atoms with E-state index in [1.165, 1.54) is 37.4 Å². The second-order valence-corrected chi connectivity index (χ2v) is 10.8. The second kappa shape index (κ2) is 12.7. The molecule has 10 heteroatoms. The summed E-state index contributed by atoms with van der Waals surface area (Å²) in [5, 5.41) is 5.50. The zero-order valence-corrected chi connectivity index (χ0v) is 24.8. The van der Waals surface area contributed by atoms with Crippen molar-refractivity contribution in [1.82, 2.24) is 25.2 Å². The Bertz CT molecular complexity index is 1850. The van der Waals surface area contributed by atoms with Gasteiger partial charge in [-0.2, -0.15) is 0 Å². The number of hydrogen-bond acceptors (Lipinski definition) is 4. The lowest BCUT2D eigenvalue weighted by atomic mass is 9.94. The van der Waals surface area contributed by atoms with Gasteiger partial charge in [0.2, 0.25) is 5.91 Å². The Labute approximate surface area is 253 Å². The van der Waals surface area contributed by atoms with Crippen LogP contribution in [0.4, 0.5) is 13.2 Å². The number of aryl methyl sites for hydroxylation is 2. The summed E-state index contributed by atoms with van der Waals surface area (Å²) >= 11 is 0. The third-order valence-electron chi connectivity index (χ3n) is 7.81. The Morgan fingerprint density at radius 1 is 0.932 bits per heavy atom. The molecule has 0 aliphatic carbocycles. The van der Waals surface area contributed by atoms with Crippen molar-refractivity contribution >= 4 is 22.8 Å². The van der Waals surface area contributed by atoms with Gasteiger partial charge in [0.1, 0.15) is 23.5 Å². The monoisotopic (exact) mass is 599 g/mol. The average molecular weight is 600 g/mol. The molecule has 0 bridgehead atoms. The molecule has 0 spiro atoms. The summed E-state index contributed by atoms with van der Waals surface area (Å²) in [6.07, 6.45) is 3.62. The number of rotatable bonds is 9. The number of halogens is 3. The first-order valence-corrected chi connectivity index (χ1v) is 14.3. The minimum Gasteiger partial charge on any atom is -0.355 e. The van der Waals surface area contributed by atoms with Crippen LogP contribution < -0.4 is 10.6 Å². The number of imidazole rings is 1. The molecule has 44 heavy (non-hydrogen) atoms. The topological polar surface area (TPSA) is 88.9 Å². The Balaban J connectivity index is 1.58. The molecule has 2 N–H and O–H groups in total. The third kappa shape index (κ3) is 6.20. The van der Waals surface area contributed by atoms with Gasteiger partial charge in [0.05, 0.1) is 34.7 Å². The minimum atomic E-state index is -0.846. The van der Waals surface area contributed by atoms with E-state index in [0.29, 0.717) is 28.8 Å². The molecule has 7 nitrogen and oxygen atoms in total. The van der Waals surface area contributed by atoms with Crippen molar-refractivity contribution in [2.75, 3.05) is 7.05 Å². The molecular weight excluding hydrogens is 567 g/mol. The molecule has 2 atom stereocenters. The molecule has 0 aliphatic heterocycles. The van der Waals surface area contributed by atoms with Crippen LogP contribution >= 0.6 is 0 Å². The fraction of sp³-hybridized carbons (Fsp3) is 0.235. The van der Waals surface area contributed by atoms with E-state index >= 15 is 0 Å². The van der Waals surface area contributed by atoms with Gasteiger partial charge in [0, 0.05) is 24.9 Å².